The van der Waals surface area contributed by atoms with E-state index < -0.39 is 40.9 Å². The number of aliphatic carboxylic acids is 1. The third kappa shape index (κ3) is 8.08. The lowest BCUT2D eigenvalue weighted by molar-refractivity contribution is -0.150. The molecule has 62 heavy (non-hydrogen) atoms. The van der Waals surface area contributed by atoms with E-state index in [4.69, 9.17) is 15.3 Å². The van der Waals surface area contributed by atoms with Crippen molar-refractivity contribution in [2.45, 2.75) is 42.3 Å². The van der Waals surface area contributed by atoms with Gasteiger partial charge in [-0.2, -0.15) is 0 Å². The fourth-order valence-electron chi connectivity index (χ4n) is 8.27. The number of carbonyl (C=O) groups is 5. The lowest BCUT2D eigenvalue weighted by Crippen LogP contribution is -2.71. The average Bonchev–Trinajstić information content (AvgIpc) is 4.04. The molecule has 0 spiro atoms. The number of nitrogen functional groups attached to an aromatic ring is 1. The van der Waals surface area contributed by atoms with Crippen LogP contribution in [0.3, 0.4) is 0 Å². The molecule has 15 nitrogen and oxygen atoms in total. The molecule has 3 atom stereocenters. The maximum Gasteiger partial charge on any atom is 0.410 e. The number of oxime groups is 1. The number of rotatable bonds is 14. The number of carboxylic acid groups (broad SMARTS) is 1. The van der Waals surface area contributed by atoms with Gasteiger partial charge in [-0.25, -0.2) is 14.6 Å². The molecule has 17 heteroatoms. The molecule has 4 amide bonds. The largest absolute Gasteiger partial charge is 0.477 e. The molecule has 0 bridgehead atoms. The first kappa shape index (κ1) is 42.0. The molecule has 0 saturated carbocycles. The highest BCUT2D eigenvalue weighted by Gasteiger charge is 2.54. The average molecular weight is 874 g/mol. The summed E-state index contributed by atoms with van der Waals surface area (Å²) in [6.45, 7) is 4.93. The second kappa shape index (κ2) is 18.1. The van der Waals surface area contributed by atoms with E-state index >= 15 is 0 Å². The van der Waals surface area contributed by atoms with Gasteiger partial charge in [-0.1, -0.05) is 109 Å². The van der Waals surface area contributed by atoms with Crippen LogP contribution in [0.5, 0.6) is 0 Å². The van der Waals surface area contributed by atoms with E-state index in [0.29, 0.717) is 37.2 Å². The van der Waals surface area contributed by atoms with Gasteiger partial charge in [0.05, 0.1) is 6.04 Å². The van der Waals surface area contributed by atoms with Crippen LogP contribution in [0.15, 0.2) is 137 Å². The first-order valence-corrected chi connectivity index (χ1v) is 21.9. The Morgan fingerprint density at radius 1 is 0.984 bits per heavy atom. The highest BCUT2D eigenvalue weighted by molar-refractivity contribution is 8.00. The fraction of sp³-hybridized carbons (Fsp3) is 0.267. The van der Waals surface area contributed by atoms with Gasteiger partial charge in [-0.3, -0.25) is 19.3 Å². The molecule has 1 aromatic heterocycles. The first-order valence-electron chi connectivity index (χ1n) is 20.0. The third-order valence-electron chi connectivity index (χ3n) is 11.2. The predicted molar refractivity (Wildman–Crippen MR) is 234 cm³/mol. The molecule has 0 radical (unpaired) electrons. The molecule has 4 aromatic rings. The fourth-order valence-corrected chi connectivity index (χ4v) is 10.1. The van der Waals surface area contributed by atoms with Gasteiger partial charge in [0.25, 0.3) is 11.8 Å². The van der Waals surface area contributed by atoms with Gasteiger partial charge in [0.2, 0.25) is 11.5 Å². The molecule has 3 fully saturated rings. The number of anilines is 1. The highest BCUT2D eigenvalue weighted by Crippen LogP contribution is 2.43. The van der Waals surface area contributed by atoms with Crippen molar-refractivity contribution in [3.8, 4) is 0 Å². The Balaban J connectivity index is 1.03. The maximum atomic E-state index is 14.3. The molecule has 4 N–H and O–H groups in total. The van der Waals surface area contributed by atoms with E-state index in [2.05, 4.69) is 22.0 Å². The van der Waals surface area contributed by atoms with Crippen molar-refractivity contribution in [3.05, 3.63) is 154 Å². The summed E-state index contributed by atoms with van der Waals surface area (Å²) in [6, 6.07) is 27.1. The monoisotopic (exact) mass is 873 g/mol. The van der Waals surface area contributed by atoms with E-state index in [1.165, 1.54) is 17.8 Å². The van der Waals surface area contributed by atoms with Crippen molar-refractivity contribution in [2.24, 2.45) is 5.16 Å². The highest BCUT2D eigenvalue weighted by atomic mass is 32.2. The standard InChI is InChI=1S/C45H43N7O8S2/c1-2-23-59-44(58)51-21-12-19-33(51)25-50-22-20-28(39(50)54)24-29-26-61-41-36(40(55)52(41)37(29)42(56)57)48-38(53)35(34-27-62-43(46)47-34)49-60-45(30-13-6-3-7-14-30,31-15-8-4-9-16-31)32-17-10-5-11-18-32/h2-11,13-18,24,27,33,36,41H,1,12,19-23,25-26H2,(H2,46,47)(H,48,53)(H,56,57)/t33-,36+,41+/m0/s1. The number of likely N-dealkylation sites (tertiary alicyclic amines) is 2. The smallest absolute Gasteiger partial charge is 0.410 e. The zero-order valence-electron chi connectivity index (χ0n) is 33.4. The van der Waals surface area contributed by atoms with E-state index in [1.54, 1.807) is 21.3 Å². The number of thiazole rings is 1. The van der Waals surface area contributed by atoms with Crippen molar-refractivity contribution in [3.63, 3.8) is 0 Å². The number of nitrogens with zero attached hydrogens (tertiary/aromatic N) is 5. The van der Waals surface area contributed by atoms with E-state index in [9.17, 15) is 29.1 Å². The number of nitrogens with one attached hydrogen (secondary N) is 1. The summed E-state index contributed by atoms with van der Waals surface area (Å²) in [5.74, 6) is -2.86. The number of aromatic nitrogens is 1. The van der Waals surface area contributed by atoms with Gasteiger partial charge in [0.1, 0.15) is 29.4 Å². The molecular weight excluding hydrogens is 831 g/mol. The molecule has 3 aromatic carbocycles. The maximum absolute atomic E-state index is 14.3. The lowest BCUT2D eigenvalue weighted by Gasteiger charge is -2.49. The van der Waals surface area contributed by atoms with Gasteiger partial charge in [0.15, 0.2) is 10.8 Å². The minimum absolute atomic E-state index is 0.0939. The number of carbonyl (C=O) groups excluding carboxylic acids is 4. The van der Waals surface area contributed by atoms with Crippen LogP contribution in [-0.2, 0) is 34.4 Å². The van der Waals surface area contributed by atoms with Crippen LogP contribution in [0, 0.1) is 0 Å². The Morgan fingerprint density at radius 3 is 2.21 bits per heavy atom. The minimum Gasteiger partial charge on any atom is -0.477 e. The zero-order chi connectivity index (χ0) is 43.4. The van der Waals surface area contributed by atoms with Gasteiger partial charge in [0, 0.05) is 53.0 Å². The van der Waals surface area contributed by atoms with E-state index in [-0.39, 0.29) is 46.5 Å². The number of thioether (sulfide) groups is 1. The Bertz CT molecular complexity index is 2380. The summed E-state index contributed by atoms with van der Waals surface area (Å²) in [5.41, 5.74) is 7.24. The minimum atomic E-state index is -1.34. The Labute approximate surface area is 365 Å². The molecule has 0 unspecified atom stereocenters. The summed E-state index contributed by atoms with van der Waals surface area (Å²) >= 11 is 2.37. The molecular formula is C45H43N7O8S2. The summed E-state index contributed by atoms with van der Waals surface area (Å²) in [5, 5.41) is 18.7. The van der Waals surface area contributed by atoms with Gasteiger partial charge >= 0.3 is 12.1 Å². The van der Waals surface area contributed by atoms with Crippen LogP contribution in [0.25, 0.3) is 0 Å². The van der Waals surface area contributed by atoms with Crippen molar-refractivity contribution in [1.82, 2.24) is 25.0 Å². The Kier molecular flexibility index (Phi) is 12.3. The molecule has 5 heterocycles. The van der Waals surface area contributed by atoms with Crippen LogP contribution in [0.1, 0.15) is 41.6 Å². The second-order valence-corrected chi connectivity index (χ2v) is 16.9. The molecule has 4 aliphatic heterocycles. The van der Waals surface area contributed by atoms with Crippen molar-refractivity contribution in [1.29, 1.82) is 0 Å². The molecule has 0 aliphatic carbocycles. The topological polar surface area (TPSA) is 197 Å². The number of benzene rings is 3. The number of hydrogen-bond acceptors (Lipinski definition) is 12. The number of allylic oxidation sites excluding steroid dienone is 1. The summed E-state index contributed by atoms with van der Waals surface area (Å²) in [4.78, 5) is 82.6. The predicted octanol–water partition coefficient (Wildman–Crippen LogP) is 5.12. The van der Waals surface area contributed by atoms with Crippen molar-refractivity contribution < 1.29 is 38.7 Å². The molecule has 4 aliphatic rings. The van der Waals surface area contributed by atoms with Crippen LogP contribution < -0.4 is 11.1 Å². The van der Waals surface area contributed by atoms with Gasteiger partial charge < -0.3 is 35.5 Å². The van der Waals surface area contributed by atoms with Crippen molar-refractivity contribution in [2.75, 3.05) is 37.7 Å². The van der Waals surface area contributed by atoms with Crippen molar-refractivity contribution >= 4 is 63.7 Å². The normalized spacial score (nSPS) is 20.8. The summed E-state index contributed by atoms with van der Waals surface area (Å²) in [6.07, 6.45) is 4.49. The summed E-state index contributed by atoms with van der Waals surface area (Å²) in [7, 11) is 0. The molecule has 3 saturated heterocycles. The first-order chi connectivity index (χ1) is 30.1. The van der Waals surface area contributed by atoms with Crippen LogP contribution in [0.2, 0.25) is 0 Å². The molecule has 318 valence electrons. The SMILES string of the molecule is C=CCOC(=O)N1CCC[C@H]1CN1CCC(=CC2=C(C(=O)O)N3C(=O)[C@@H](NC(=O)C(=NOC(c4ccccc4)(c4ccccc4)c4ccccc4)c4csc(N)n4)[C@H]3SC2)C1=O. The number of nitrogens with two attached hydrogens (primary N) is 1. The van der Waals surface area contributed by atoms with Gasteiger partial charge in [-0.05, 0) is 30.9 Å². The van der Waals surface area contributed by atoms with Crippen LogP contribution in [0.4, 0.5) is 9.93 Å². The number of β-lactam (4-membered cyclic amide) rings is 1. The number of ether oxygens (including phenoxy) is 1. The summed E-state index contributed by atoms with van der Waals surface area (Å²) < 4.78 is 5.23. The quantitative estimate of drug-likeness (QED) is 0.0380. The number of carboxylic acids is 1. The van der Waals surface area contributed by atoms with Crippen LogP contribution >= 0.6 is 23.1 Å². The Hall–Kier alpha value is -6.72. The second-order valence-electron chi connectivity index (χ2n) is 14.9. The number of fused-ring (bicyclic) bond motifs is 1. The number of hydrogen-bond donors (Lipinski definition) is 3. The van der Waals surface area contributed by atoms with Crippen LogP contribution in [-0.4, -0.2) is 110 Å². The lowest BCUT2D eigenvalue weighted by atomic mass is 9.80. The molecule has 8 rings (SSSR count). The zero-order valence-corrected chi connectivity index (χ0v) is 35.1. The third-order valence-corrected chi connectivity index (χ3v) is 13.2. The van der Waals surface area contributed by atoms with E-state index in [0.717, 1.165) is 45.8 Å². The Morgan fingerprint density at radius 2 is 1.63 bits per heavy atom. The number of amides is 4. The van der Waals surface area contributed by atoms with Gasteiger partial charge in [-0.15, -0.1) is 23.1 Å². The van der Waals surface area contributed by atoms with E-state index in [1.807, 2.05) is 91.0 Å².